The average Bonchev–Trinajstić information content (AvgIpc) is 3.40. The van der Waals surface area contributed by atoms with Gasteiger partial charge in [-0.2, -0.15) is 0 Å². The third-order valence-corrected chi connectivity index (χ3v) is 8.25. The van der Waals surface area contributed by atoms with Crippen LogP contribution in [0.25, 0.3) is 20.4 Å². The van der Waals surface area contributed by atoms with Gasteiger partial charge < -0.3 is 0 Å². The number of hydrogen-bond donors (Lipinski definition) is 0. The molecule has 0 aliphatic rings. The van der Waals surface area contributed by atoms with Gasteiger partial charge in [-0.05, 0) is 71.8 Å². The summed E-state index contributed by atoms with van der Waals surface area (Å²) in [6, 6.07) is 22.3. The summed E-state index contributed by atoms with van der Waals surface area (Å²) in [7, 11) is 0. The largest absolute Gasteiger partial charge is 0.308 e. The lowest BCUT2D eigenvalue weighted by Crippen LogP contribution is -2.13. The minimum Gasteiger partial charge on any atom is -0.294 e. The van der Waals surface area contributed by atoms with E-state index < -0.39 is 0 Å². The predicted molar refractivity (Wildman–Crippen MR) is 147 cm³/mol. The monoisotopic (exact) mass is 544 g/mol. The standard InChI is InChI=1S/C29H18F2N2O3S2/c30-21-7-1-17(2-8-21)15-32-23-11-5-19(13-25(23)37-28(32)35)27(34)20-6-12-24-26(14-20)38-29(36)33(24)16-18-3-9-22(31)10-4-18/h1-14H,15-16H2. The molecule has 188 valence electrons. The van der Waals surface area contributed by atoms with Crippen LogP contribution in [0.15, 0.2) is 94.5 Å². The van der Waals surface area contributed by atoms with Crippen molar-refractivity contribution in [3.63, 3.8) is 0 Å². The summed E-state index contributed by atoms with van der Waals surface area (Å²) >= 11 is 2.11. The Bertz CT molecular complexity index is 1810. The second-order valence-corrected chi connectivity index (χ2v) is 10.8. The lowest BCUT2D eigenvalue weighted by Gasteiger charge is -2.07. The van der Waals surface area contributed by atoms with Gasteiger partial charge in [-0.1, -0.05) is 46.9 Å². The third-order valence-electron chi connectivity index (χ3n) is 6.37. The maximum Gasteiger partial charge on any atom is 0.308 e. The Morgan fingerprint density at radius 3 is 1.39 bits per heavy atom. The van der Waals surface area contributed by atoms with Gasteiger partial charge in [0.1, 0.15) is 11.6 Å². The van der Waals surface area contributed by atoms with Crippen molar-refractivity contribution in [2.45, 2.75) is 13.1 Å². The number of aromatic nitrogens is 2. The van der Waals surface area contributed by atoms with Crippen LogP contribution in [0.4, 0.5) is 8.78 Å². The molecule has 4 aromatic carbocycles. The number of nitrogens with zero attached hydrogens (tertiary/aromatic N) is 2. The average molecular weight is 545 g/mol. The smallest absolute Gasteiger partial charge is 0.294 e. The molecule has 9 heteroatoms. The van der Waals surface area contributed by atoms with Gasteiger partial charge in [0.2, 0.25) is 0 Å². The van der Waals surface area contributed by atoms with Crippen LogP contribution in [0, 0.1) is 11.6 Å². The molecule has 0 amide bonds. The Morgan fingerprint density at radius 1 is 0.605 bits per heavy atom. The molecule has 2 heterocycles. The maximum atomic E-state index is 13.3. The summed E-state index contributed by atoms with van der Waals surface area (Å²) < 4.78 is 31.1. The van der Waals surface area contributed by atoms with Crippen LogP contribution in [0.5, 0.6) is 0 Å². The van der Waals surface area contributed by atoms with Gasteiger partial charge >= 0.3 is 9.75 Å². The minimum absolute atomic E-state index is 0.164. The fourth-order valence-corrected chi connectivity index (χ4v) is 6.29. The fraction of sp³-hybridized carbons (Fsp3) is 0.0690. The number of rotatable bonds is 6. The molecule has 6 aromatic rings. The van der Waals surface area contributed by atoms with Crippen molar-refractivity contribution in [2.75, 3.05) is 0 Å². The van der Waals surface area contributed by atoms with Crippen molar-refractivity contribution in [2.24, 2.45) is 0 Å². The quantitative estimate of drug-likeness (QED) is 0.240. The van der Waals surface area contributed by atoms with E-state index in [0.717, 1.165) is 33.8 Å². The number of hydrogen-bond acceptors (Lipinski definition) is 5. The van der Waals surface area contributed by atoms with Gasteiger partial charge in [0.25, 0.3) is 0 Å². The molecule has 5 nitrogen and oxygen atoms in total. The van der Waals surface area contributed by atoms with Crippen LogP contribution in [0.3, 0.4) is 0 Å². The zero-order valence-electron chi connectivity index (χ0n) is 19.7. The molecular formula is C29H18F2N2O3S2. The first-order valence-corrected chi connectivity index (χ1v) is 13.3. The van der Waals surface area contributed by atoms with Crippen molar-refractivity contribution >= 4 is 48.9 Å². The molecule has 2 aromatic heterocycles. The zero-order chi connectivity index (χ0) is 26.4. The third kappa shape index (κ3) is 4.51. The summed E-state index contributed by atoms with van der Waals surface area (Å²) in [4.78, 5) is 38.3. The van der Waals surface area contributed by atoms with Crippen molar-refractivity contribution in [1.82, 2.24) is 9.13 Å². The number of carbonyl (C=O) groups excluding carboxylic acids is 1. The lowest BCUT2D eigenvalue weighted by molar-refractivity contribution is 0.103. The van der Waals surface area contributed by atoms with Gasteiger partial charge in [-0.15, -0.1) is 0 Å². The minimum atomic E-state index is -0.339. The van der Waals surface area contributed by atoms with Crippen molar-refractivity contribution in [1.29, 1.82) is 0 Å². The first-order chi connectivity index (χ1) is 18.4. The van der Waals surface area contributed by atoms with Gasteiger partial charge in [0.05, 0.1) is 33.5 Å². The topological polar surface area (TPSA) is 61.1 Å². The second kappa shape index (κ2) is 9.59. The van der Waals surface area contributed by atoms with E-state index in [-0.39, 0.29) is 27.2 Å². The molecule has 0 N–H and O–H groups in total. The van der Waals surface area contributed by atoms with E-state index in [1.165, 1.54) is 24.3 Å². The molecule has 0 radical (unpaired) electrons. The molecule has 0 unspecified atom stereocenters. The van der Waals surface area contributed by atoms with Crippen LogP contribution < -0.4 is 9.75 Å². The first-order valence-electron chi connectivity index (χ1n) is 11.7. The molecule has 0 fully saturated rings. The molecule has 0 saturated heterocycles. The molecule has 0 spiro atoms. The van der Waals surface area contributed by atoms with Crippen LogP contribution >= 0.6 is 22.7 Å². The molecular weight excluding hydrogens is 526 g/mol. The fourth-order valence-electron chi connectivity index (χ4n) is 4.43. The summed E-state index contributed by atoms with van der Waals surface area (Å²) in [5, 5.41) is 0. The Morgan fingerprint density at radius 2 is 1.00 bits per heavy atom. The highest BCUT2D eigenvalue weighted by molar-refractivity contribution is 7.16. The van der Waals surface area contributed by atoms with Crippen LogP contribution in [0.1, 0.15) is 27.0 Å². The van der Waals surface area contributed by atoms with E-state index in [1.807, 2.05) is 0 Å². The number of ketones is 1. The van der Waals surface area contributed by atoms with E-state index >= 15 is 0 Å². The number of fused-ring (bicyclic) bond motifs is 2. The molecule has 0 aliphatic carbocycles. The molecule has 0 atom stereocenters. The van der Waals surface area contributed by atoms with Crippen molar-refractivity contribution in [3.8, 4) is 0 Å². The highest BCUT2D eigenvalue weighted by Crippen LogP contribution is 2.25. The van der Waals surface area contributed by atoms with E-state index in [2.05, 4.69) is 0 Å². The SMILES string of the molecule is O=C(c1ccc2c(c1)sc(=O)n2Cc1ccc(F)cc1)c1ccc2c(c1)sc(=O)n2Cc1ccc(F)cc1. The van der Waals surface area contributed by atoms with Crippen LogP contribution in [0.2, 0.25) is 0 Å². The van der Waals surface area contributed by atoms with E-state index in [0.29, 0.717) is 44.6 Å². The number of benzene rings is 4. The Hall–Kier alpha value is -4.21. The van der Waals surface area contributed by atoms with E-state index in [1.54, 1.807) is 69.8 Å². The second-order valence-electron chi connectivity index (χ2n) is 8.86. The van der Waals surface area contributed by atoms with Gasteiger partial charge in [-0.3, -0.25) is 23.5 Å². The Balaban J connectivity index is 1.30. The zero-order valence-corrected chi connectivity index (χ0v) is 21.3. The van der Waals surface area contributed by atoms with Crippen LogP contribution in [-0.2, 0) is 13.1 Å². The van der Waals surface area contributed by atoms with Gasteiger partial charge in [-0.25, -0.2) is 8.78 Å². The van der Waals surface area contributed by atoms with Gasteiger partial charge in [0, 0.05) is 11.1 Å². The van der Waals surface area contributed by atoms with Crippen molar-refractivity contribution in [3.05, 3.63) is 138 Å². The summed E-state index contributed by atoms with van der Waals surface area (Å²) in [5.41, 5.74) is 3.87. The summed E-state index contributed by atoms with van der Waals surface area (Å²) in [6.45, 7) is 0.605. The summed E-state index contributed by atoms with van der Waals surface area (Å²) in [5.74, 6) is -0.894. The van der Waals surface area contributed by atoms with Crippen LogP contribution in [-0.4, -0.2) is 14.9 Å². The van der Waals surface area contributed by atoms with Gasteiger partial charge in [0.15, 0.2) is 5.78 Å². The molecule has 0 bridgehead atoms. The molecule has 0 saturated carbocycles. The lowest BCUT2D eigenvalue weighted by atomic mass is 10.0. The Labute approximate surface area is 222 Å². The number of carbonyl (C=O) groups is 1. The molecule has 38 heavy (non-hydrogen) atoms. The highest BCUT2D eigenvalue weighted by atomic mass is 32.1. The number of thiazole rings is 2. The number of halogens is 2. The maximum absolute atomic E-state index is 13.3. The molecule has 0 aliphatic heterocycles. The Kier molecular flexibility index (Phi) is 6.09. The summed E-state index contributed by atoms with van der Waals surface area (Å²) in [6.07, 6.45) is 0. The predicted octanol–water partition coefficient (Wildman–Crippen LogP) is 6.05. The molecule has 6 rings (SSSR count). The van der Waals surface area contributed by atoms with E-state index in [9.17, 15) is 23.2 Å². The van der Waals surface area contributed by atoms with Crippen molar-refractivity contribution < 1.29 is 13.6 Å². The van der Waals surface area contributed by atoms with E-state index in [4.69, 9.17) is 0 Å². The highest BCUT2D eigenvalue weighted by Gasteiger charge is 2.16. The normalized spacial score (nSPS) is 11.4. The first kappa shape index (κ1) is 24.1.